The number of aliphatic hydroxyl groups excluding tert-OH is 2. The number of carbonyl (C=O) groups is 2. The van der Waals surface area contributed by atoms with Crippen LogP contribution < -0.4 is 10.6 Å². The Morgan fingerprint density at radius 1 is 1.00 bits per heavy atom. The average molecular weight is 847 g/mol. The third-order valence-corrected chi connectivity index (χ3v) is 10.9. The van der Waals surface area contributed by atoms with Crippen LogP contribution in [0, 0.1) is 12.3 Å². The molecule has 8 atom stereocenters. The molecule has 1 aromatic rings. The summed E-state index contributed by atoms with van der Waals surface area (Å²) in [5, 5.41) is 30.5. The van der Waals surface area contributed by atoms with Crippen molar-refractivity contribution in [3.05, 3.63) is 17.7 Å². The van der Waals surface area contributed by atoms with Crippen molar-refractivity contribution in [3.8, 4) is 0 Å². The van der Waals surface area contributed by atoms with E-state index in [1.54, 1.807) is 13.8 Å². The fourth-order valence-corrected chi connectivity index (χ4v) is 7.82. The van der Waals surface area contributed by atoms with Crippen LogP contribution in [0.15, 0.2) is 16.5 Å². The number of aromatic nitrogens is 2. The highest BCUT2D eigenvalue weighted by atomic mass is 31.3. The number of hydrogen-bond acceptors (Lipinski definition) is 17. The Balaban J connectivity index is 1.50. The van der Waals surface area contributed by atoms with Crippen LogP contribution in [0.4, 0.5) is 5.69 Å². The number of nitrogens with zero attached hydrogens (tertiary/aromatic N) is 4. The zero-order valence-electron chi connectivity index (χ0n) is 31.2. The summed E-state index contributed by atoms with van der Waals surface area (Å²) in [4.78, 5) is 81.6. The van der Waals surface area contributed by atoms with E-state index in [2.05, 4.69) is 35.1 Å². The molecule has 2 aliphatic heterocycles. The number of rotatable bonds is 20. The lowest BCUT2D eigenvalue weighted by atomic mass is 9.87. The van der Waals surface area contributed by atoms with Gasteiger partial charge in [0.05, 0.1) is 36.2 Å². The minimum absolute atomic E-state index is 0.134. The standard InChI is InChI=1S/C29H49N6O17P3/c1-16(35-51-28(3,4)5)8-10-30-20(36)9-11-31-27(39)26(38)29(6,7)14-48-55(45,46)52-54(43,44)47-13-19-25(50-53(40,41)42)23(37)24(49-19)18-12-32-21-17(2)33-15-34-22(18)21/h12,15,18-19,23-26,37-38H,8-11,13-14H2,1-7H3,(H,30,36)(H,31,39)(H,43,44)(H,45,46)(H2,40,41,42)/b35-16+/t18?,19?,23?,24?,25?,26-/m1/s1. The fourth-order valence-electron chi connectivity index (χ4n) is 5.00. The van der Waals surface area contributed by atoms with E-state index in [-0.39, 0.29) is 19.5 Å². The number of phosphoric ester groups is 3. The molecule has 55 heavy (non-hydrogen) atoms. The maximum Gasteiger partial charge on any atom is 0.481 e. The van der Waals surface area contributed by atoms with Crippen molar-refractivity contribution in [2.24, 2.45) is 15.6 Å². The molecule has 1 saturated heterocycles. The first-order valence-corrected chi connectivity index (χ1v) is 21.3. The maximum absolute atomic E-state index is 12.7. The van der Waals surface area contributed by atoms with Crippen LogP contribution >= 0.6 is 23.5 Å². The van der Waals surface area contributed by atoms with E-state index in [4.69, 9.17) is 23.1 Å². The van der Waals surface area contributed by atoms with Crippen molar-refractivity contribution in [2.75, 3.05) is 26.3 Å². The number of aryl methyl sites for hydroxylation is 1. The number of fused-ring (bicyclic) bond motifs is 1. The van der Waals surface area contributed by atoms with Gasteiger partial charge in [0.1, 0.15) is 48.1 Å². The van der Waals surface area contributed by atoms with Gasteiger partial charge in [-0.1, -0.05) is 19.0 Å². The van der Waals surface area contributed by atoms with Gasteiger partial charge in [-0.25, -0.2) is 23.7 Å². The molecule has 1 aromatic heterocycles. The van der Waals surface area contributed by atoms with Gasteiger partial charge in [-0.05, 0) is 34.6 Å². The predicted octanol–water partition coefficient (Wildman–Crippen LogP) is 1.03. The molecule has 8 N–H and O–H groups in total. The first-order chi connectivity index (χ1) is 25.2. The summed E-state index contributed by atoms with van der Waals surface area (Å²) in [7, 11) is -16.3. The Morgan fingerprint density at radius 3 is 2.27 bits per heavy atom. The maximum atomic E-state index is 12.7. The highest BCUT2D eigenvalue weighted by molar-refractivity contribution is 7.61. The summed E-state index contributed by atoms with van der Waals surface area (Å²) in [6.07, 6.45) is -5.51. The summed E-state index contributed by atoms with van der Waals surface area (Å²) in [6.45, 7) is 9.63. The molecular formula is C29H49N6O17P3. The van der Waals surface area contributed by atoms with Gasteiger partial charge in [0.2, 0.25) is 11.8 Å². The summed E-state index contributed by atoms with van der Waals surface area (Å²) >= 11 is 0. The molecule has 0 aliphatic carbocycles. The molecule has 0 spiro atoms. The van der Waals surface area contributed by atoms with Gasteiger partial charge >= 0.3 is 23.5 Å². The molecule has 26 heteroatoms. The second-order valence-electron chi connectivity index (χ2n) is 14.3. The number of amides is 2. The second kappa shape index (κ2) is 18.8. The number of nitrogens with one attached hydrogen (secondary N) is 2. The highest BCUT2D eigenvalue weighted by Crippen LogP contribution is 2.61. The normalized spacial score (nSPS) is 24.5. The van der Waals surface area contributed by atoms with E-state index in [1.165, 1.54) is 26.4 Å². The van der Waals surface area contributed by atoms with E-state index in [0.717, 1.165) is 0 Å². The van der Waals surface area contributed by atoms with Crippen LogP contribution in [0.1, 0.15) is 71.7 Å². The molecule has 1 fully saturated rings. The topological polar surface area (TPSA) is 337 Å². The third-order valence-electron chi connectivity index (χ3n) is 7.83. The number of aliphatic hydroxyl groups is 2. The number of oxime groups is 1. The SMILES string of the molecule is C/C(CCNC(=O)CCNC(=O)[C@@H](O)C(C)(C)COP(=O)(O)OP(=O)(O)OCC1OC(C2C=Nc3c(C)ncnc32)C(O)C1OP(=O)(O)O)=N\OC(C)(C)C. The number of aliphatic imine (C=N–C) groups is 1. The van der Waals surface area contributed by atoms with Crippen molar-refractivity contribution in [3.63, 3.8) is 0 Å². The van der Waals surface area contributed by atoms with Gasteiger partial charge in [0.25, 0.3) is 0 Å². The molecule has 2 amide bonds. The molecule has 0 aromatic carbocycles. The molecule has 23 nitrogen and oxygen atoms in total. The third kappa shape index (κ3) is 14.7. The fraction of sp³-hybridized carbons (Fsp3) is 0.724. The molecule has 312 valence electrons. The predicted molar refractivity (Wildman–Crippen MR) is 191 cm³/mol. The number of carbonyl (C=O) groups excluding carboxylic acids is 2. The monoisotopic (exact) mass is 846 g/mol. The lowest BCUT2D eigenvalue weighted by Crippen LogP contribution is -2.46. The van der Waals surface area contributed by atoms with Gasteiger partial charge in [-0.2, -0.15) is 4.31 Å². The van der Waals surface area contributed by atoms with E-state index >= 15 is 0 Å². The highest BCUT2D eigenvalue weighted by Gasteiger charge is 2.52. The van der Waals surface area contributed by atoms with Crippen molar-refractivity contribution < 1.29 is 80.5 Å². The zero-order chi connectivity index (χ0) is 41.6. The summed E-state index contributed by atoms with van der Waals surface area (Å²) in [5.74, 6) is -2.20. The molecule has 7 unspecified atom stereocenters. The largest absolute Gasteiger partial charge is 0.481 e. The Kier molecular flexibility index (Phi) is 16.0. The first-order valence-electron chi connectivity index (χ1n) is 16.7. The molecule has 0 radical (unpaired) electrons. The average Bonchev–Trinajstić information content (AvgIpc) is 3.61. The zero-order valence-corrected chi connectivity index (χ0v) is 33.8. The van der Waals surface area contributed by atoms with Crippen LogP contribution in [0.5, 0.6) is 0 Å². The van der Waals surface area contributed by atoms with Crippen molar-refractivity contribution >= 4 is 52.9 Å². The van der Waals surface area contributed by atoms with Crippen molar-refractivity contribution in [1.82, 2.24) is 20.6 Å². The molecule has 0 bridgehead atoms. The molecule has 3 rings (SSSR count). The molecule has 0 saturated carbocycles. The number of hydrogen-bond donors (Lipinski definition) is 8. The Hall–Kier alpha value is -2.59. The Labute approximate surface area is 316 Å². The summed E-state index contributed by atoms with van der Waals surface area (Å²) in [5.41, 5.74) is -0.181. The minimum Gasteiger partial charge on any atom is -0.390 e. The van der Waals surface area contributed by atoms with E-state index in [0.29, 0.717) is 29.2 Å². The molecule has 3 heterocycles. The van der Waals surface area contributed by atoms with E-state index in [1.807, 2.05) is 20.8 Å². The van der Waals surface area contributed by atoms with Gasteiger partial charge < -0.3 is 50.0 Å². The van der Waals surface area contributed by atoms with E-state index in [9.17, 15) is 53.1 Å². The summed E-state index contributed by atoms with van der Waals surface area (Å²) in [6, 6.07) is 0. The smallest absolute Gasteiger partial charge is 0.390 e. The van der Waals surface area contributed by atoms with Gasteiger partial charge in [-0.3, -0.25) is 28.2 Å². The lowest BCUT2D eigenvalue weighted by Gasteiger charge is -2.30. The Morgan fingerprint density at radius 2 is 1.64 bits per heavy atom. The second-order valence-corrected chi connectivity index (χ2v) is 18.6. The van der Waals surface area contributed by atoms with Crippen LogP contribution in [-0.2, 0) is 50.7 Å². The minimum atomic E-state index is -5.53. The lowest BCUT2D eigenvalue weighted by molar-refractivity contribution is -0.137. The Bertz CT molecular complexity index is 1730. The molecule has 2 aliphatic rings. The molecular weight excluding hydrogens is 797 g/mol. The number of phosphoric acid groups is 3. The number of ether oxygens (including phenoxy) is 1. The van der Waals surface area contributed by atoms with Crippen LogP contribution in [0.3, 0.4) is 0 Å². The van der Waals surface area contributed by atoms with Gasteiger partial charge in [-0.15, -0.1) is 0 Å². The van der Waals surface area contributed by atoms with Crippen LogP contribution in [-0.4, -0.2) is 126 Å². The van der Waals surface area contributed by atoms with Crippen molar-refractivity contribution in [1.29, 1.82) is 0 Å². The van der Waals surface area contributed by atoms with Gasteiger partial charge in [0, 0.05) is 37.6 Å². The van der Waals surface area contributed by atoms with E-state index < -0.39 is 95.9 Å². The first kappa shape index (κ1) is 46.8. The quantitative estimate of drug-likeness (QED) is 0.0516. The van der Waals surface area contributed by atoms with Crippen LogP contribution in [0.2, 0.25) is 0 Å². The van der Waals surface area contributed by atoms with Crippen molar-refractivity contribution in [2.45, 2.75) is 103 Å². The van der Waals surface area contributed by atoms with Crippen LogP contribution in [0.25, 0.3) is 0 Å². The summed E-state index contributed by atoms with van der Waals surface area (Å²) < 4.78 is 61.3. The van der Waals surface area contributed by atoms with Gasteiger partial charge in [0.15, 0.2) is 0 Å².